The molecule has 0 aliphatic carbocycles. The SMILES string of the molecule is CC(C)CCCCCC(=O)OC1CN(C)CCO1. The molecule has 1 aliphatic rings. The molecule has 4 nitrogen and oxygen atoms in total. The van der Waals surface area contributed by atoms with Gasteiger partial charge in [-0.15, -0.1) is 0 Å². The maximum atomic E-state index is 11.6. The highest BCUT2D eigenvalue weighted by Gasteiger charge is 2.20. The fraction of sp³-hybridized carbons (Fsp3) is 0.929. The van der Waals surface area contributed by atoms with Crippen LogP contribution >= 0.6 is 0 Å². The van der Waals surface area contributed by atoms with E-state index in [0.29, 0.717) is 19.6 Å². The third-order valence-corrected chi connectivity index (χ3v) is 3.16. The molecule has 1 rings (SSSR count). The fourth-order valence-corrected chi connectivity index (χ4v) is 2.01. The number of carbonyl (C=O) groups is 1. The molecule has 1 saturated heterocycles. The van der Waals surface area contributed by atoms with Gasteiger partial charge < -0.3 is 9.47 Å². The topological polar surface area (TPSA) is 38.8 Å². The van der Waals surface area contributed by atoms with E-state index in [2.05, 4.69) is 18.7 Å². The molecule has 0 saturated carbocycles. The van der Waals surface area contributed by atoms with Crippen molar-refractivity contribution in [2.45, 2.75) is 52.2 Å². The highest BCUT2D eigenvalue weighted by molar-refractivity contribution is 5.69. The first-order chi connectivity index (χ1) is 8.58. The van der Waals surface area contributed by atoms with Gasteiger partial charge in [0.2, 0.25) is 6.29 Å². The van der Waals surface area contributed by atoms with Gasteiger partial charge in [-0.2, -0.15) is 0 Å². The minimum Gasteiger partial charge on any atom is -0.434 e. The van der Waals surface area contributed by atoms with E-state index < -0.39 is 0 Å². The van der Waals surface area contributed by atoms with Crippen LogP contribution in [-0.2, 0) is 14.3 Å². The second kappa shape index (κ2) is 8.48. The Morgan fingerprint density at radius 3 is 2.83 bits per heavy atom. The zero-order chi connectivity index (χ0) is 13.4. The van der Waals surface area contributed by atoms with E-state index in [-0.39, 0.29) is 12.3 Å². The molecular formula is C14H27NO3. The highest BCUT2D eigenvalue weighted by atomic mass is 16.7. The van der Waals surface area contributed by atoms with Gasteiger partial charge in [-0.25, -0.2) is 0 Å². The van der Waals surface area contributed by atoms with Crippen LogP contribution in [0.25, 0.3) is 0 Å². The summed E-state index contributed by atoms with van der Waals surface area (Å²) < 4.78 is 10.7. The van der Waals surface area contributed by atoms with Crippen LogP contribution in [0.5, 0.6) is 0 Å². The van der Waals surface area contributed by atoms with Gasteiger partial charge in [-0.1, -0.05) is 33.1 Å². The third-order valence-electron chi connectivity index (χ3n) is 3.16. The summed E-state index contributed by atoms with van der Waals surface area (Å²) in [5, 5.41) is 0. The van der Waals surface area contributed by atoms with Crippen LogP contribution in [0.15, 0.2) is 0 Å². The Morgan fingerprint density at radius 1 is 1.39 bits per heavy atom. The minimum atomic E-state index is -0.369. The lowest BCUT2D eigenvalue weighted by Gasteiger charge is -2.29. The van der Waals surface area contributed by atoms with Crippen molar-refractivity contribution in [3.63, 3.8) is 0 Å². The molecule has 0 aromatic rings. The van der Waals surface area contributed by atoms with Gasteiger partial charge in [-0.05, 0) is 19.4 Å². The largest absolute Gasteiger partial charge is 0.434 e. The minimum absolute atomic E-state index is 0.125. The van der Waals surface area contributed by atoms with E-state index >= 15 is 0 Å². The van der Waals surface area contributed by atoms with Gasteiger partial charge in [0.05, 0.1) is 13.2 Å². The first-order valence-electron chi connectivity index (χ1n) is 7.07. The molecule has 1 atom stereocenters. The summed E-state index contributed by atoms with van der Waals surface area (Å²) in [6, 6.07) is 0. The molecule has 4 heteroatoms. The molecule has 1 aliphatic heterocycles. The van der Waals surface area contributed by atoms with Gasteiger partial charge in [-0.3, -0.25) is 9.69 Å². The molecule has 0 bridgehead atoms. The zero-order valence-electron chi connectivity index (χ0n) is 12.0. The van der Waals surface area contributed by atoms with Crippen molar-refractivity contribution in [2.75, 3.05) is 26.7 Å². The first-order valence-corrected chi connectivity index (χ1v) is 7.07. The number of nitrogens with zero attached hydrogens (tertiary/aromatic N) is 1. The molecule has 0 N–H and O–H groups in total. The second-order valence-corrected chi connectivity index (χ2v) is 5.55. The van der Waals surface area contributed by atoms with Crippen LogP contribution < -0.4 is 0 Å². The van der Waals surface area contributed by atoms with Crippen molar-refractivity contribution < 1.29 is 14.3 Å². The normalized spacial score (nSPS) is 21.2. The third kappa shape index (κ3) is 6.97. The Morgan fingerprint density at radius 2 is 2.17 bits per heavy atom. The van der Waals surface area contributed by atoms with E-state index in [1.54, 1.807) is 0 Å². The molecular weight excluding hydrogens is 230 g/mol. The monoisotopic (exact) mass is 257 g/mol. The standard InChI is InChI=1S/C14H27NO3/c1-12(2)7-5-4-6-8-13(16)18-14-11-15(3)9-10-17-14/h12,14H,4-11H2,1-3H3. The van der Waals surface area contributed by atoms with Crippen molar-refractivity contribution in [1.82, 2.24) is 4.90 Å². The number of morpholine rings is 1. The maximum absolute atomic E-state index is 11.6. The number of ether oxygens (including phenoxy) is 2. The predicted octanol–water partition coefficient (Wildman–Crippen LogP) is 2.42. The molecule has 1 heterocycles. The summed E-state index contributed by atoms with van der Waals surface area (Å²) in [7, 11) is 2.01. The Bertz CT molecular complexity index is 243. The molecule has 0 spiro atoms. The van der Waals surface area contributed by atoms with Crippen molar-refractivity contribution in [1.29, 1.82) is 0 Å². The lowest BCUT2D eigenvalue weighted by Crippen LogP contribution is -2.42. The maximum Gasteiger partial charge on any atom is 0.308 e. The number of rotatable bonds is 7. The molecule has 0 amide bonds. The van der Waals surface area contributed by atoms with Gasteiger partial charge in [0.1, 0.15) is 0 Å². The summed E-state index contributed by atoms with van der Waals surface area (Å²) in [6.07, 6.45) is 4.63. The van der Waals surface area contributed by atoms with Gasteiger partial charge in [0.15, 0.2) is 0 Å². The first kappa shape index (κ1) is 15.4. The molecule has 0 aromatic heterocycles. The number of hydrogen-bond acceptors (Lipinski definition) is 4. The van der Waals surface area contributed by atoms with Crippen LogP contribution in [0.1, 0.15) is 46.0 Å². The summed E-state index contributed by atoms with van der Waals surface area (Å²) in [4.78, 5) is 13.7. The summed E-state index contributed by atoms with van der Waals surface area (Å²) in [5.74, 6) is 0.628. The number of likely N-dealkylation sites (N-methyl/N-ethyl adjacent to an activating group) is 1. The fourth-order valence-electron chi connectivity index (χ4n) is 2.01. The van der Waals surface area contributed by atoms with E-state index in [4.69, 9.17) is 9.47 Å². The van der Waals surface area contributed by atoms with Crippen LogP contribution in [0.4, 0.5) is 0 Å². The van der Waals surface area contributed by atoms with Crippen LogP contribution in [0.2, 0.25) is 0 Å². The zero-order valence-corrected chi connectivity index (χ0v) is 12.0. The Balaban J connectivity index is 2.03. The Kier molecular flexibility index (Phi) is 7.28. The molecule has 0 radical (unpaired) electrons. The lowest BCUT2D eigenvalue weighted by atomic mass is 10.0. The van der Waals surface area contributed by atoms with E-state index in [1.165, 1.54) is 12.8 Å². The molecule has 18 heavy (non-hydrogen) atoms. The quantitative estimate of drug-likeness (QED) is 0.518. The Hall–Kier alpha value is -0.610. The van der Waals surface area contributed by atoms with E-state index in [0.717, 1.165) is 25.3 Å². The summed E-state index contributed by atoms with van der Waals surface area (Å²) in [6.45, 7) is 6.68. The van der Waals surface area contributed by atoms with Gasteiger partial charge in [0, 0.05) is 13.0 Å². The molecule has 106 valence electrons. The number of carbonyl (C=O) groups excluding carboxylic acids is 1. The summed E-state index contributed by atoms with van der Waals surface area (Å²) >= 11 is 0. The smallest absolute Gasteiger partial charge is 0.308 e. The van der Waals surface area contributed by atoms with Crippen molar-refractivity contribution in [3.05, 3.63) is 0 Å². The average molecular weight is 257 g/mol. The highest BCUT2D eigenvalue weighted by Crippen LogP contribution is 2.11. The molecule has 0 aromatic carbocycles. The van der Waals surface area contributed by atoms with Crippen molar-refractivity contribution in [2.24, 2.45) is 5.92 Å². The van der Waals surface area contributed by atoms with Crippen molar-refractivity contribution in [3.8, 4) is 0 Å². The van der Waals surface area contributed by atoms with Crippen LogP contribution in [0.3, 0.4) is 0 Å². The molecule has 1 fully saturated rings. The van der Waals surface area contributed by atoms with Crippen molar-refractivity contribution >= 4 is 5.97 Å². The van der Waals surface area contributed by atoms with Gasteiger partial charge >= 0.3 is 5.97 Å². The predicted molar refractivity (Wildman–Crippen MR) is 71.3 cm³/mol. The van der Waals surface area contributed by atoms with Crippen LogP contribution in [-0.4, -0.2) is 43.9 Å². The number of hydrogen-bond donors (Lipinski definition) is 0. The van der Waals surface area contributed by atoms with E-state index in [9.17, 15) is 4.79 Å². The molecule has 1 unspecified atom stereocenters. The number of unbranched alkanes of at least 4 members (excludes halogenated alkanes) is 2. The lowest BCUT2D eigenvalue weighted by molar-refractivity contribution is -0.192. The Labute approximate surface area is 111 Å². The second-order valence-electron chi connectivity index (χ2n) is 5.55. The summed E-state index contributed by atoms with van der Waals surface area (Å²) in [5.41, 5.74) is 0. The van der Waals surface area contributed by atoms with E-state index in [1.807, 2.05) is 7.05 Å². The average Bonchev–Trinajstić information content (AvgIpc) is 2.28. The number of esters is 1. The van der Waals surface area contributed by atoms with Gasteiger partial charge in [0.25, 0.3) is 0 Å². The van der Waals surface area contributed by atoms with Crippen LogP contribution in [0, 0.1) is 5.92 Å².